The lowest BCUT2D eigenvalue weighted by Crippen LogP contribution is -2.54. The maximum Gasteiger partial charge on any atom is 0.289 e. The third-order valence-electron chi connectivity index (χ3n) is 5.31. The van der Waals surface area contributed by atoms with E-state index in [9.17, 15) is 9.59 Å². The van der Waals surface area contributed by atoms with Crippen molar-refractivity contribution in [1.29, 1.82) is 0 Å². The van der Waals surface area contributed by atoms with Gasteiger partial charge in [-0.3, -0.25) is 14.5 Å². The highest BCUT2D eigenvalue weighted by atomic mass is 16.3. The molecule has 0 bridgehead atoms. The highest BCUT2D eigenvalue weighted by Gasteiger charge is 2.28. The molecule has 4 rings (SSSR count). The van der Waals surface area contributed by atoms with E-state index in [2.05, 4.69) is 10.2 Å². The number of piperazine rings is 1. The van der Waals surface area contributed by atoms with Gasteiger partial charge in [0.2, 0.25) is 5.91 Å². The Morgan fingerprint density at radius 1 is 0.964 bits per heavy atom. The number of rotatable bonds is 4. The fraction of sp³-hybridized carbons (Fsp3) is 0.273. The number of amides is 2. The van der Waals surface area contributed by atoms with E-state index in [1.54, 1.807) is 17.0 Å². The monoisotopic (exact) mass is 377 g/mol. The molecule has 2 aromatic carbocycles. The van der Waals surface area contributed by atoms with E-state index in [1.807, 2.05) is 49.4 Å². The van der Waals surface area contributed by atoms with E-state index < -0.39 is 0 Å². The van der Waals surface area contributed by atoms with Crippen LogP contribution >= 0.6 is 0 Å². The molecule has 1 atom stereocenters. The van der Waals surface area contributed by atoms with Gasteiger partial charge in [0, 0.05) is 37.3 Å². The van der Waals surface area contributed by atoms with Crippen LogP contribution in [0.1, 0.15) is 17.5 Å². The molecule has 6 nitrogen and oxygen atoms in total. The van der Waals surface area contributed by atoms with E-state index >= 15 is 0 Å². The normalized spacial score (nSPS) is 16.1. The van der Waals surface area contributed by atoms with Gasteiger partial charge in [0.25, 0.3) is 5.91 Å². The van der Waals surface area contributed by atoms with Crippen LogP contribution in [0.25, 0.3) is 10.8 Å². The lowest BCUT2D eigenvalue weighted by Gasteiger charge is -2.37. The van der Waals surface area contributed by atoms with Gasteiger partial charge in [0.05, 0.1) is 12.3 Å². The van der Waals surface area contributed by atoms with Crippen LogP contribution in [0, 0.1) is 0 Å². The van der Waals surface area contributed by atoms with Crippen LogP contribution in [-0.4, -0.2) is 53.8 Å². The minimum absolute atomic E-state index is 0.0397. The summed E-state index contributed by atoms with van der Waals surface area (Å²) >= 11 is 0. The van der Waals surface area contributed by atoms with Crippen LogP contribution < -0.4 is 5.32 Å². The van der Waals surface area contributed by atoms with Crippen molar-refractivity contribution >= 4 is 28.3 Å². The molecule has 6 heteroatoms. The summed E-state index contributed by atoms with van der Waals surface area (Å²) < 4.78 is 5.19. The van der Waals surface area contributed by atoms with E-state index in [0.717, 1.165) is 16.5 Å². The zero-order chi connectivity index (χ0) is 19.5. The Bertz CT molecular complexity index is 970. The molecule has 0 spiro atoms. The SMILES string of the molecule is C[C@H](C(=O)Nc1cccc2ccccc12)N1CCN(C(=O)c2ccco2)CC1. The summed E-state index contributed by atoms with van der Waals surface area (Å²) in [5.41, 5.74) is 0.821. The second kappa shape index (κ2) is 7.86. The third kappa shape index (κ3) is 3.64. The third-order valence-corrected chi connectivity index (χ3v) is 5.31. The zero-order valence-electron chi connectivity index (χ0n) is 15.8. The van der Waals surface area contributed by atoms with Crippen molar-refractivity contribution in [2.24, 2.45) is 0 Å². The van der Waals surface area contributed by atoms with Crippen molar-refractivity contribution in [2.45, 2.75) is 13.0 Å². The van der Waals surface area contributed by atoms with E-state index in [1.165, 1.54) is 6.26 Å². The Morgan fingerprint density at radius 2 is 1.71 bits per heavy atom. The first kappa shape index (κ1) is 18.3. The summed E-state index contributed by atoms with van der Waals surface area (Å²) in [6.45, 7) is 4.36. The summed E-state index contributed by atoms with van der Waals surface area (Å²) in [7, 11) is 0. The van der Waals surface area contributed by atoms with Gasteiger partial charge in [-0.1, -0.05) is 36.4 Å². The van der Waals surface area contributed by atoms with Gasteiger partial charge in [-0.2, -0.15) is 0 Å². The Morgan fingerprint density at radius 3 is 2.46 bits per heavy atom. The van der Waals surface area contributed by atoms with Gasteiger partial charge in [-0.05, 0) is 30.5 Å². The zero-order valence-corrected chi connectivity index (χ0v) is 15.8. The van der Waals surface area contributed by atoms with Gasteiger partial charge in [0.15, 0.2) is 5.76 Å². The maximum atomic E-state index is 12.8. The Kier molecular flexibility index (Phi) is 5.12. The number of carbonyl (C=O) groups excluding carboxylic acids is 2. The van der Waals surface area contributed by atoms with Crippen LogP contribution in [-0.2, 0) is 4.79 Å². The Labute approximate surface area is 163 Å². The van der Waals surface area contributed by atoms with Gasteiger partial charge in [-0.15, -0.1) is 0 Å². The summed E-state index contributed by atoms with van der Waals surface area (Å²) in [5, 5.41) is 5.18. The smallest absolute Gasteiger partial charge is 0.289 e. The van der Waals surface area contributed by atoms with Gasteiger partial charge in [-0.25, -0.2) is 0 Å². The second-order valence-electron chi connectivity index (χ2n) is 7.00. The lowest BCUT2D eigenvalue weighted by molar-refractivity contribution is -0.121. The number of hydrogen-bond donors (Lipinski definition) is 1. The summed E-state index contributed by atoms with van der Waals surface area (Å²) in [5.74, 6) is 0.217. The molecule has 0 saturated carbocycles. The van der Waals surface area contributed by atoms with E-state index in [4.69, 9.17) is 4.42 Å². The molecule has 2 heterocycles. The Balaban J connectivity index is 1.38. The number of benzene rings is 2. The van der Waals surface area contributed by atoms with Crippen molar-refractivity contribution in [2.75, 3.05) is 31.5 Å². The van der Waals surface area contributed by atoms with Crippen LogP contribution in [0.15, 0.2) is 65.3 Å². The molecule has 1 N–H and O–H groups in total. The molecule has 1 aliphatic heterocycles. The van der Waals surface area contributed by atoms with Gasteiger partial charge >= 0.3 is 0 Å². The number of carbonyl (C=O) groups is 2. The molecule has 3 aromatic rings. The topological polar surface area (TPSA) is 65.8 Å². The number of anilines is 1. The molecule has 1 aromatic heterocycles. The van der Waals surface area contributed by atoms with E-state index in [-0.39, 0.29) is 17.9 Å². The number of nitrogens with zero attached hydrogens (tertiary/aromatic N) is 2. The average molecular weight is 377 g/mol. The van der Waals surface area contributed by atoms with Crippen LogP contribution in [0.5, 0.6) is 0 Å². The average Bonchev–Trinajstić information content (AvgIpc) is 3.28. The number of nitrogens with one attached hydrogen (secondary N) is 1. The van der Waals surface area contributed by atoms with Crippen molar-refractivity contribution in [1.82, 2.24) is 9.80 Å². The van der Waals surface area contributed by atoms with Gasteiger partial charge in [0.1, 0.15) is 0 Å². The maximum absolute atomic E-state index is 12.8. The van der Waals surface area contributed by atoms with Crippen molar-refractivity contribution in [3.63, 3.8) is 0 Å². The predicted octanol–water partition coefficient (Wildman–Crippen LogP) is 3.22. The van der Waals surface area contributed by atoms with Crippen LogP contribution in [0.2, 0.25) is 0 Å². The fourth-order valence-electron chi connectivity index (χ4n) is 3.61. The molecule has 1 saturated heterocycles. The second-order valence-corrected chi connectivity index (χ2v) is 7.00. The van der Waals surface area contributed by atoms with Crippen LogP contribution in [0.3, 0.4) is 0 Å². The summed E-state index contributed by atoms with van der Waals surface area (Å²) in [4.78, 5) is 29.1. The number of furan rings is 1. The molecule has 0 radical (unpaired) electrons. The largest absolute Gasteiger partial charge is 0.459 e. The molecular weight excluding hydrogens is 354 g/mol. The number of hydrogen-bond acceptors (Lipinski definition) is 4. The minimum Gasteiger partial charge on any atom is -0.459 e. The standard InChI is InChI=1S/C22H23N3O3/c1-16(21(26)23-19-9-4-7-17-6-2-3-8-18(17)19)24-11-13-25(14-12-24)22(27)20-10-5-15-28-20/h2-10,15-16H,11-14H2,1H3,(H,23,26)/t16-/m1/s1. The molecule has 2 amide bonds. The summed E-state index contributed by atoms with van der Waals surface area (Å²) in [6, 6.07) is 17.0. The molecule has 28 heavy (non-hydrogen) atoms. The molecule has 144 valence electrons. The van der Waals surface area contributed by atoms with Gasteiger partial charge < -0.3 is 14.6 Å². The molecule has 1 fully saturated rings. The molecular formula is C22H23N3O3. The quantitative estimate of drug-likeness (QED) is 0.758. The Hall–Kier alpha value is -3.12. The highest BCUT2D eigenvalue weighted by Crippen LogP contribution is 2.23. The molecule has 0 unspecified atom stereocenters. The highest BCUT2D eigenvalue weighted by molar-refractivity contribution is 6.03. The van der Waals surface area contributed by atoms with E-state index in [0.29, 0.717) is 31.9 Å². The number of fused-ring (bicyclic) bond motifs is 1. The first-order valence-electron chi connectivity index (χ1n) is 9.49. The molecule has 1 aliphatic rings. The fourth-order valence-corrected chi connectivity index (χ4v) is 3.61. The predicted molar refractivity (Wildman–Crippen MR) is 108 cm³/mol. The molecule has 0 aliphatic carbocycles. The minimum atomic E-state index is -0.278. The first-order chi connectivity index (χ1) is 13.6. The first-order valence-corrected chi connectivity index (χ1v) is 9.49. The summed E-state index contributed by atoms with van der Waals surface area (Å²) in [6.07, 6.45) is 1.50. The van der Waals surface area contributed by atoms with Crippen molar-refractivity contribution in [3.8, 4) is 0 Å². The van der Waals surface area contributed by atoms with Crippen molar-refractivity contribution in [3.05, 3.63) is 66.6 Å². The van der Waals surface area contributed by atoms with Crippen molar-refractivity contribution < 1.29 is 14.0 Å². The lowest BCUT2D eigenvalue weighted by atomic mass is 10.1. The van der Waals surface area contributed by atoms with Crippen LogP contribution in [0.4, 0.5) is 5.69 Å².